The first-order valence-corrected chi connectivity index (χ1v) is 8.96. The number of para-hydroxylation sites is 1. The van der Waals surface area contributed by atoms with E-state index in [1.54, 1.807) is 12.3 Å². The molecule has 128 valence electrons. The summed E-state index contributed by atoms with van der Waals surface area (Å²) in [6.07, 6.45) is 1.59. The number of fused-ring (bicyclic) bond motifs is 1. The van der Waals surface area contributed by atoms with Gasteiger partial charge in [0.1, 0.15) is 5.76 Å². The Balaban J connectivity index is 1.74. The van der Waals surface area contributed by atoms with E-state index in [2.05, 4.69) is 21.2 Å². The first-order chi connectivity index (χ1) is 12.7. The molecule has 0 bridgehead atoms. The predicted octanol–water partition coefficient (Wildman–Crippen LogP) is 5.19. The van der Waals surface area contributed by atoms with Crippen LogP contribution in [0.2, 0.25) is 0 Å². The summed E-state index contributed by atoms with van der Waals surface area (Å²) in [5.41, 5.74) is 3.11. The van der Waals surface area contributed by atoms with Crippen LogP contribution in [0, 0.1) is 0 Å². The molecule has 4 nitrogen and oxygen atoms in total. The van der Waals surface area contributed by atoms with Crippen LogP contribution in [-0.2, 0) is 6.54 Å². The second-order valence-corrected chi connectivity index (χ2v) is 6.76. The summed E-state index contributed by atoms with van der Waals surface area (Å²) in [6.45, 7) is 0.343. The first kappa shape index (κ1) is 16.5. The Labute approximate surface area is 159 Å². The number of furan rings is 1. The number of aromatic nitrogens is 1. The van der Waals surface area contributed by atoms with Gasteiger partial charge in [0.2, 0.25) is 0 Å². The van der Waals surface area contributed by atoms with Crippen LogP contribution in [0.25, 0.3) is 22.2 Å². The largest absolute Gasteiger partial charge is 0.467 e. The van der Waals surface area contributed by atoms with Crippen molar-refractivity contribution in [1.82, 2.24) is 10.3 Å². The number of hydrogen-bond donors (Lipinski definition) is 1. The molecular weight excluding hydrogens is 392 g/mol. The third kappa shape index (κ3) is 3.39. The summed E-state index contributed by atoms with van der Waals surface area (Å²) in [5, 5.41) is 3.74. The van der Waals surface area contributed by atoms with Crippen LogP contribution in [-0.4, -0.2) is 10.9 Å². The van der Waals surface area contributed by atoms with Crippen molar-refractivity contribution < 1.29 is 9.21 Å². The molecule has 0 aliphatic carbocycles. The number of hydrogen-bond acceptors (Lipinski definition) is 3. The SMILES string of the molecule is O=C(NCc1ccco1)c1cc(-c2ccc(Br)cc2)nc2ccccc12. The topological polar surface area (TPSA) is 55.1 Å². The second-order valence-electron chi connectivity index (χ2n) is 5.84. The standard InChI is InChI=1S/C21H15BrN2O2/c22-15-9-7-14(8-10-15)20-12-18(17-5-1-2-6-19(17)24-20)21(25)23-13-16-4-3-11-26-16/h1-12H,13H2,(H,23,25). The Kier molecular flexibility index (Phi) is 4.54. The fourth-order valence-corrected chi connectivity index (χ4v) is 3.07. The maximum absolute atomic E-state index is 12.8. The maximum atomic E-state index is 12.8. The normalized spacial score (nSPS) is 10.8. The zero-order chi connectivity index (χ0) is 17.9. The van der Waals surface area contributed by atoms with E-state index in [1.165, 1.54) is 0 Å². The molecule has 0 aliphatic heterocycles. The zero-order valence-corrected chi connectivity index (χ0v) is 15.4. The number of amides is 1. The smallest absolute Gasteiger partial charge is 0.252 e. The Morgan fingerprint density at radius 2 is 1.85 bits per heavy atom. The van der Waals surface area contributed by atoms with E-state index in [9.17, 15) is 4.79 Å². The number of pyridine rings is 1. The van der Waals surface area contributed by atoms with E-state index in [-0.39, 0.29) is 5.91 Å². The lowest BCUT2D eigenvalue weighted by atomic mass is 10.0. The van der Waals surface area contributed by atoms with Gasteiger partial charge in [-0.3, -0.25) is 4.79 Å². The Morgan fingerprint density at radius 3 is 2.62 bits per heavy atom. The van der Waals surface area contributed by atoms with Crippen molar-refractivity contribution in [2.75, 3.05) is 0 Å². The van der Waals surface area contributed by atoms with Crippen LogP contribution in [0.4, 0.5) is 0 Å². The molecule has 0 atom stereocenters. The lowest BCUT2D eigenvalue weighted by Gasteiger charge is -2.10. The minimum atomic E-state index is -0.154. The number of rotatable bonds is 4. The van der Waals surface area contributed by atoms with E-state index in [4.69, 9.17) is 9.40 Å². The van der Waals surface area contributed by atoms with Gasteiger partial charge in [0, 0.05) is 15.4 Å². The molecule has 0 aliphatic rings. The molecule has 4 rings (SSSR count). The van der Waals surface area contributed by atoms with Gasteiger partial charge in [-0.15, -0.1) is 0 Å². The van der Waals surface area contributed by atoms with Gasteiger partial charge in [0.15, 0.2) is 0 Å². The van der Waals surface area contributed by atoms with Gasteiger partial charge in [0.05, 0.1) is 29.6 Å². The Morgan fingerprint density at radius 1 is 1.04 bits per heavy atom. The molecule has 1 N–H and O–H groups in total. The molecule has 4 aromatic rings. The predicted molar refractivity (Wildman–Crippen MR) is 105 cm³/mol. The highest BCUT2D eigenvalue weighted by Crippen LogP contribution is 2.26. The van der Waals surface area contributed by atoms with Crippen molar-refractivity contribution in [3.63, 3.8) is 0 Å². The summed E-state index contributed by atoms with van der Waals surface area (Å²) in [6, 6.07) is 21.0. The van der Waals surface area contributed by atoms with Crippen LogP contribution < -0.4 is 5.32 Å². The van der Waals surface area contributed by atoms with Crippen molar-refractivity contribution in [3.8, 4) is 11.3 Å². The third-order valence-electron chi connectivity index (χ3n) is 4.10. The average Bonchev–Trinajstić information content (AvgIpc) is 3.19. The molecule has 5 heteroatoms. The number of carbonyl (C=O) groups excluding carboxylic acids is 1. The molecule has 26 heavy (non-hydrogen) atoms. The van der Waals surface area contributed by atoms with Crippen LogP contribution >= 0.6 is 15.9 Å². The van der Waals surface area contributed by atoms with Gasteiger partial charge in [-0.05, 0) is 36.4 Å². The highest BCUT2D eigenvalue weighted by atomic mass is 79.9. The zero-order valence-electron chi connectivity index (χ0n) is 13.8. The van der Waals surface area contributed by atoms with Gasteiger partial charge in [-0.1, -0.05) is 46.3 Å². The fraction of sp³-hybridized carbons (Fsp3) is 0.0476. The van der Waals surface area contributed by atoms with Gasteiger partial charge in [-0.2, -0.15) is 0 Å². The third-order valence-corrected chi connectivity index (χ3v) is 4.63. The van der Waals surface area contributed by atoms with Crippen LogP contribution in [0.3, 0.4) is 0 Å². The first-order valence-electron chi connectivity index (χ1n) is 8.17. The molecule has 0 spiro atoms. The van der Waals surface area contributed by atoms with Gasteiger partial charge >= 0.3 is 0 Å². The second kappa shape index (κ2) is 7.14. The minimum Gasteiger partial charge on any atom is -0.467 e. The molecule has 1 amide bonds. The summed E-state index contributed by atoms with van der Waals surface area (Å²) in [4.78, 5) is 17.5. The molecule has 0 fully saturated rings. The monoisotopic (exact) mass is 406 g/mol. The van der Waals surface area contributed by atoms with Crippen LogP contribution in [0.1, 0.15) is 16.1 Å². The maximum Gasteiger partial charge on any atom is 0.252 e. The summed E-state index contributed by atoms with van der Waals surface area (Å²) < 4.78 is 6.28. The number of benzene rings is 2. The average molecular weight is 407 g/mol. The molecule has 0 saturated heterocycles. The number of carbonyl (C=O) groups is 1. The fourth-order valence-electron chi connectivity index (χ4n) is 2.81. The number of nitrogens with zero attached hydrogens (tertiary/aromatic N) is 1. The summed E-state index contributed by atoms with van der Waals surface area (Å²) >= 11 is 3.44. The molecule has 2 aromatic carbocycles. The highest BCUT2D eigenvalue weighted by molar-refractivity contribution is 9.10. The van der Waals surface area contributed by atoms with Crippen LogP contribution in [0.5, 0.6) is 0 Å². The summed E-state index contributed by atoms with van der Waals surface area (Å²) in [5.74, 6) is 0.559. The van der Waals surface area contributed by atoms with Crippen molar-refractivity contribution in [2.45, 2.75) is 6.54 Å². The molecule has 0 radical (unpaired) electrons. The number of nitrogens with one attached hydrogen (secondary N) is 1. The van der Waals surface area contributed by atoms with Crippen molar-refractivity contribution >= 4 is 32.7 Å². The van der Waals surface area contributed by atoms with Crippen molar-refractivity contribution in [2.24, 2.45) is 0 Å². The van der Waals surface area contributed by atoms with E-state index >= 15 is 0 Å². The lowest BCUT2D eigenvalue weighted by Crippen LogP contribution is -2.23. The number of halogens is 1. The van der Waals surface area contributed by atoms with Crippen molar-refractivity contribution in [1.29, 1.82) is 0 Å². The molecule has 2 aromatic heterocycles. The van der Waals surface area contributed by atoms with Gasteiger partial charge in [-0.25, -0.2) is 4.98 Å². The van der Waals surface area contributed by atoms with Crippen molar-refractivity contribution in [3.05, 3.63) is 88.8 Å². The van der Waals surface area contributed by atoms with E-state index in [0.717, 1.165) is 26.6 Å². The molecule has 0 saturated carbocycles. The Hall–Kier alpha value is -2.92. The molecular formula is C21H15BrN2O2. The minimum absolute atomic E-state index is 0.154. The van der Waals surface area contributed by atoms with Crippen LogP contribution in [0.15, 0.2) is 81.9 Å². The highest BCUT2D eigenvalue weighted by Gasteiger charge is 2.14. The quantitative estimate of drug-likeness (QED) is 0.507. The Bertz CT molecular complexity index is 1060. The van der Waals surface area contributed by atoms with Gasteiger partial charge in [0.25, 0.3) is 5.91 Å². The van der Waals surface area contributed by atoms with Gasteiger partial charge < -0.3 is 9.73 Å². The van der Waals surface area contributed by atoms with E-state index in [1.807, 2.05) is 60.7 Å². The molecule has 2 heterocycles. The summed E-state index contributed by atoms with van der Waals surface area (Å²) in [7, 11) is 0. The molecule has 0 unspecified atom stereocenters. The lowest BCUT2D eigenvalue weighted by molar-refractivity contribution is 0.0949. The van der Waals surface area contributed by atoms with E-state index < -0.39 is 0 Å². The van der Waals surface area contributed by atoms with E-state index in [0.29, 0.717) is 17.9 Å².